The lowest BCUT2D eigenvalue weighted by Crippen LogP contribution is -2.30. The topological polar surface area (TPSA) is 118 Å². The average Bonchev–Trinajstić information content (AvgIpc) is 2.28. The molecule has 88 valence electrons. The summed E-state index contributed by atoms with van der Waals surface area (Å²) in [6, 6.07) is 4.79. The summed E-state index contributed by atoms with van der Waals surface area (Å²) in [7, 11) is 0. The predicted molar refractivity (Wildman–Crippen MR) is 56.3 cm³/mol. The molecule has 0 unspecified atom stereocenters. The molecule has 0 aliphatic rings. The number of aromatic nitrogens is 1. The van der Waals surface area contributed by atoms with Crippen LogP contribution in [0, 0.1) is 18.3 Å². The summed E-state index contributed by atoms with van der Waals surface area (Å²) in [6.07, 6.45) is 0. The van der Waals surface area contributed by atoms with Crippen molar-refractivity contribution in [1.82, 2.24) is 10.5 Å². The predicted octanol–water partition coefficient (Wildman–Crippen LogP) is -0.592. The Hall–Kier alpha value is -2.46. The van der Waals surface area contributed by atoms with Crippen molar-refractivity contribution in [3.63, 3.8) is 0 Å². The maximum Gasteiger partial charge on any atom is 0.293 e. The van der Waals surface area contributed by atoms with Gasteiger partial charge in [-0.05, 0) is 19.1 Å². The molecule has 1 heterocycles. The van der Waals surface area contributed by atoms with E-state index in [2.05, 4.69) is 9.82 Å². The molecule has 3 N–H and O–H groups in total. The van der Waals surface area contributed by atoms with Crippen molar-refractivity contribution in [3.8, 4) is 6.07 Å². The summed E-state index contributed by atoms with van der Waals surface area (Å²) in [5.74, 6) is -1.31. The van der Waals surface area contributed by atoms with Gasteiger partial charge in [0, 0.05) is 0 Å². The number of amides is 2. The van der Waals surface area contributed by atoms with E-state index in [4.69, 9.17) is 11.0 Å². The van der Waals surface area contributed by atoms with E-state index >= 15 is 0 Å². The minimum absolute atomic E-state index is 0.0889. The number of nitrogens with two attached hydrogens (primary N) is 1. The number of hydroxylamine groups is 1. The lowest BCUT2D eigenvalue weighted by atomic mass is 10.2. The van der Waals surface area contributed by atoms with Crippen LogP contribution in [0.1, 0.15) is 21.7 Å². The summed E-state index contributed by atoms with van der Waals surface area (Å²) in [4.78, 5) is 30.2. The third kappa shape index (κ3) is 3.55. The van der Waals surface area contributed by atoms with Gasteiger partial charge >= 0.3 is 0 Å². The lowest BCUT2D eigenvalue weighted by Gasteiger charge is -2.04. The molecule has 2 amide bonds. The molecule has 1 rings (SSSR count). The Morgan fingerprint density at radius 2 is 2.29 bits per heavy atom. The highest BCUT2D eigenvalue weighted by molar-refractivity contribution is 5.91. The van der Waals surface area contributed by atoms with Gasteiger partial charge in [0.2, 0.25) is 5.91 Å². The number of nitriles is 1. The van der Waals surface area contributed by atoms with Crippen LogP contribution in [0.2, 0.25) is 0 Å². The van der Waals surface area contributed by atoms with Crippen molar-refractivity contribution in [1.29, 1.82) is 5.26 Å². The fourth-order valence-corrected chi connectivity index (χ4v) is 1.03. The van der Waals surface area contributed by atoms with Crippen LogP contribution in [-0.4, -0.2) is 23.4 Å². The van der Waals surface area contributed by atoms with Gasteiger partial charge in [-0.2, -0.15) is 5.26 Å². The first-order chi connectivity index (χ1) is 8.04. The number of hydrogen-bond acceptors (Lipinski definition) is 5. The average molecular weight is 234 g/mol. The molecule has 0 radical (unpaired) electrons. The van der Waals surface area contributed by atoms with Crippen LogP contribution in [0.25, 0.3) is 0 Å². The Kier molecular flexibility index (Phi) is 4.14. The highest BCUT2D eigenvalue weighted by Crippen LogP contribution is 2.05. The van der Waals surface area contributed by atoms with Gasteiger partial charge in [0.15, 0.2) is 6.61 Å². The molecule has 0 aliphatic heterocycles. The minimum atomic E-state index is -0.700. The van der Waals surface area contributed by atoms with Crippen LogP contribution in [-0.2, 0) is 9.63 Å². The second-order valence-electron chi connectivity index (χ2n) is 3.13. The summed E-state index contributed by atoms with van der Waals surface area (Å²) >= 11 is 0. The molecule has 0 saturated carbocycles. The van der Waals surface area contributed by atoms with Gasteiger partial charge in [-0.3, -0.25) is 14.4 Å². The summed E-state index contributed by atoms with van der Waals surface area (Å²) in [6.45, 7) is 1.20. The van der Waals surface area contributed by atoms with Crippen molar-refractivity contribution in [2.45, 2.75) is 6.92 Å². The smallest absolute Gasteiger partial charge is 0.293 e. The third-order valence-electron chi connectivity index (χ3n) is 1.82. The van der Waals surface area contributed by atoms with Crippen molar-refractivity contribution in [2.75, 3.05) is 6.61 Å². The molecule has 17 heavy (non-hydrogen) atoms. The Balaban J connectivity index is 2.67. The Morgan fingerprint density at radius 3 is 2.82 bits per heavy atom. The number of carbonyl (C=O) groups excluding carboxylic acids is 2. The second-order valence-corrected chi connectivity index (χ2v) is 3.13. The molecule has 7 nitrogen and oxygen atoms in total. The molecule has 0 atom stereocenters. The second kappa shape index (κ2) is 5.58. The van der Waals surface area contributed by atoms with Crippen LogP contribution in [0.15, 0.2) is 12.1 Å². The normalized spacial score (nSPS) is 9.41. The first kappa shape index (κ1) is 12.6. The van der Waals surface area contributed by atoms with Crippen molar-refractivity contribution in [3.05, 3.63) is 29.1 Å². The number of nitrogens with zero attached hydrogens (tertiary/aromatic N) is 2. The summed E-state index contributed by atoms with van der Waals surface area (Å²) in [5.41, 5.74) is 7.74. The molecule has 1 aromatic heterocycles. The van der Waals surface area contributed by atoms with Gasteiger partial charge < -0.3 is 5.73 Å². The van der Waals surface area contributed by atoms with Crippen LogP contribution >= 0.6 is 0 Å². The first-order valence-electron chi connectivity index (χ1n) is 4.62. The zero-order valence-electron chi connectivity index (χ0n) is 9.06. The first-order valence-corrected chi connectivity index (χ1v) is 4.62. The van der Waals surface area contributed by atoms with E-state index in [0.717, 1.165) is 0 Å². The number of aryl methyl sites for hydroxylation is 1. The van der Waals surface area contributed by atoms with E-state index < -0.39 is 18.4 Å². The molecule has 0 bridgehead atoms. The van der Waals surface area contributed by atoms with Gasteiger partial charge in [-0.25, -0.2) is 10.5 Å². The standard InChI is InChI=1S/C10H10N4O3/c1-6-7(4-11)2-3-8(13-6)10(16)14-17-5-9(12)15/h2-3H,5H2,1H3,(H2,12,15)(H,14,16). The Labute approximate surface area is 97.1 Å². The van der Waals surface area contributed by atoms with Crippen LogP contribution in [0.5, 0.6) is 0 Å². The molecular weight excluding hydrogens is 224 g/mol. The number of pyridine rings is 1. The Bertz CT molecular complexity index is 493. The van der Waals surface area contributed by atoms with E-state index in [1.54, 1.807) is 6.92 Å². The zero-order chi connectivity index (χ0) is 12.8. The number of rotatable bonds is 4. The number of hydrogen-bond donors (Lipinski definition) is 2. The molecule has 7 heteroatoms. The largest absolute Gasteiger partial charge is 0.368 e. The molecule has 1 aromatic rings. The highest BCUT2D eigenvalue weighted by Gasteiger charge is 2.09. The Morgan fingerprint density at radius 1 is 1.59 bits per heavy atom. The molecule has 0 fully saturated rings. The van der Waals surface area contributed by atoms with Gasteiger partial charge in [-0.15, -0.1) is 0 Å². The van der Waals surface area contributed by atoms with E-state index in [1.165, 1.54) is 12.1 Å². The quantitative estimate of drug-likeness (QED) is 0.675. The summed E-state index contributed by atoms with van der Waals surface area (Å²) in [5, 5.41) is 8.68. The summed E-state index contributed by atoms with van der Waals surface area (Å²) < 4.78 is 0. The minimum Gasteiger partial charge on any atom is -0.368 e. The van der Waals surface area contributed by atoms with Crippen molar-refractivity contribution in [2.24, 2.45) is 5.73 Å². The monoisotopic (exact) mass is 234 g/mol. The zero-order valence-corrected chi connectivity index (χ0v) is 9.06. The lowest BCUT2D eigenvalue weighted by molar-refractivity contribution is -0.124. The molecule has 0 spiro atoms. The van der Waals surface area contributed by atoms with E-state index in [1.807, 2.05) is 11.5 Å². The molecule has 0 aromatic carbocycles. The number of nitrogens with one attached hydrogen (secondary N) is 1. The fraction of sp³-hybridized carbons (Fsp3) is 0.200. The van der Waals surface area contributed by atoms with E-state index in [0.29, 0.717) is 11.3 Å². The highest BCUT2D eigenvalue weighted by atomic mass is 16.7. The number of carbonyl (C=O) groups is 2. The van der Waals surface area contributed by atoms with Crippen LogP contribution in [0.4, 0.5) is 0 Å². The van der Waals surface area contributed by atoms with Gasteiger partial charge in [0.25, 0.3) is 5.91 Å². The van der Waals surface area contributed by atoms with Crippen LogP contribution in [0.3, 0.4) is 0 Å². The SMILES string of the molecule is Cc1nc(C(=O)NOCC(N)=O)ccc1C#N. The van der Waals surface area contributed by atoms with E-state index in [9.17, 15) is 9.59 Å². The molecule has 0 aliphatic carbocycles. The molecule has 0 saturated heterocycles. The third-order valence-corrected chi connectivity index (χ3v) is 1.82. The van der Waals surface area contributed by atoms with Crippen molar-refractivity contribution >= 4 is 11.8 Å². The maximum atomic E-state index is 11.4. The van der Waals surface area contributed by atoms with Gasteiger partial charge in [0.1, 0.15) is 11.8 Å². The van der Waals surface area contributed by atoms with E-state index in [-0.39, 0.29) is 5.69 Å². The van der Waals surface area contributed by atoms with Crippen molar-refractivity contribution < 1.29 is 14.4 Å². The fourth-order valence-electron chi connectivity index (χ4n) is 1.03. The molecular formula is C10H10N4O3. The van der Waals surface area contributed by atoms with Crippen LogP contribution < -0.4 is 11.2 Å². The van der Waals surface area contributed by atoms with Gasteiger partial charge in [-0.1, -0.05) is 0 Å². The van der Waals surface area contributed by atoms with Gasteiger partial charge in [0.05, 0.1) is 11.3 Å². The maximum absolute atomic E-state index is 11.4. The number of primary amides is 1.